The molecule has 1 unspecified atom stereocenters. The van der Waals surface area contributed by atoms with Gasteiger partial charge in [0, 0.05) is 13.2 Å². The Morgan fingerprint density at radius 2 is 2.10 bits per heavy atom. The molecule has 0 aromatic carbocycles. The Bertz CT molecular complexity index is 424. The number of aliphatic hydroxyl groups excluding tert-OH is 1. The van der Waals surface area contributed by atoms with Crippen molar-refractivity contribution in [2.75, 3.05) is 24.2 Å². The van der Waals surface area contributed by atoms with Gasteiger partial charge in [0.05, 0.1) is 0 Å². The fourth-order valence-corrected chi connectivity index (χ4v) is 3.03. The molecule has 1 heterocycles. The van der Waals surface area contributed by atoms with Crippen molar-refractivity contribution < 1.29 is 5.11 Å². The third kappa shape index (κ3) is 4.21. The standard InChI is InChI=1S/C14H23ClN4O/c15-12-13(16)18-9-19-14(12)17-7-11(8-20)6-10-4-2-1-3-5-10/h9-11,20H,1-8H2,(H3,16,17,18,19). The summed E-state index contributed by atoms with van der Waals surface area (Å²) in [5, 5.41) is 13.0. The molecular weight excluding hydrogens is 276 g/mol. The van der Waals surface area contributed by atoms with E-state index in [1.54, 1.807) is 0 Å². The summed E-state index contributed by atoms with van der Waals surface area (Å²) in [4.78, 5) is 7.90. The predicted octanol–water partition coefficient (Wildman–Crippen LogP) is 2.70. The van der Waals surface area contributed by atoms with Crippen molar-refractivity contribution in [2.24, 2.45) is 11.8 Å². The number of rotatable bonds is 6. The number of nitrogens with two attached hydrogens (primary N) is 1. The van der Waals surface area contributed by atoms with Gasteiger partial charge in [-0.3, -0.25) is 0 Å². The molecule has 0 radical (unpaired) electrons. The topological polar surface area (TPSA) is 84.1 Å². The SMILES string of the molecule is Nc1ncnc(NCC(CO)CC2CCCCC2)c1Cl. The van der Waals surface area contributed by atoms with E-state index in [2.05, 4.69) is 15.3 Å². The van der Waals surface area contributed by atoms with Gasteiger partial charge in [0.2, 0.25) is 0 Å². The Labute approximate surface area is 125 Å². The Hall–Kier alpha value is -1.07. The lowest BCUT2D eigenvalue weighted by atomic mass is 9.83. The Balaban J connectivity index is 1.85. The smallest absolute Gasteiger partial charge is 0.150 e. The van der Waals surface area contributed by atoms with Crippen LogP contribution in [-0.4, -0.2) is 28.2 Å². The van der Waals surface area contributed by atoms with Crippen molar-refractivity contribution in [1.29, 1.82) is 0 Å². The van der Waals surface area contributed by atoms with Gasteiger partial charge in [-0.05, 0) is 18.3 Å². The van der Waals surface area contributed by atoms with E-state index in [1.165, 1.54) is 38.4 Å². The van der Waals surface area contributed by atoms with Crippen LogP contribution in [-0.2, 0) is 0 Å². The van der Waals surface area contributed by atoms with Crippen LogP contribution in [0.25, 0.3) is 0 Å². The average Bonchev–Trinajstić information content (AvgIpc) is 2.48. The molecule has 1 aliphatic carbocycles. The molecule has 0 saturated heterocycles. The van der Waals surface area contributed by atoms with E-state index in [-0.39, 0.29) is 18.3 Å². The van der Waals surface area contributed by atoms with E-state index in [4.69, 9.17) is 17.3 Å². The van der Waals surface area contributed by atoms with Gasteiger partial charge in [-0.15, -0.1) is 0 Å². The maximum Gasteiger partial charge on any atom is 0.150 e. The lowest BCUT2D eigenvalue weighted by Gasteiger charge is -2.25. The molecular formula is C14H23ClN4O. The summed E-state index contributed by atoms with van der Waals surface area (Å²) in [6, 6.07) is 0. The zero-order valence-corrected chi connectivity index (χ0v) is 12.4. The molecule has 20 heavy (non-hydrogen) atoms. The van der Waals surface area contributed by atoms with Gasteiger partial charge in [-0.2, -0.15) is 0 Å². The molecule has 4 N–H and O–H groups in total. The number of nitrogens with one attached hydrogen (secondary N) is 1. The van der Waals surface area contributed by atoms with E-state index < -0.39 is 0 Å². The molecule has 1 aromatic heterocycles. The summed E-state index contributed by atoms with van der Waals surface area (Å²) in [5.74, 6) is 1.79. The molecule has 1 atom stereocenters. The van der Waals surface area contributed by atoms with Crippen LogP contribution in [0.15, 0.2) is 6.33 Å². The van der Waals surface area contributed by atoms with E-state index in [9.17, 15) is 5.11 Å². The van der Waals surface area contributed by atoms with Gasteiger partial charge < -0.3 is 16.2 Å². The summed E-state index contributed by atoms with van der Waals surface area (Å²) in [6.45, 7) is 0.838. The maximum atomic E-state index is 9.53. The van der Waals surface area contributed by atoms with Crippen molar-refractivity contribution >= 4 is 23.2 Å². The third-order valence-electron chi connectivity index (χ3n) is 4.02. The molecule has 1 aliphatic rings. The second kappa shape index (κ2) is 7.64. The Morgan fingerprint density at radius 3 is 2.80 bits per heavy atom. The fourth-order valence-electron chi connectivity index (χ4n) is 2.86. The highest BCUT2D eigenvalue weighted by molar-refractivity contribution is 6.35. The minimum atomic E-state index is 0.182. The van der Waals surface area contributed by atoms with E-state index in [0.717, 1.165) is 12.3 Å². The molecule has 0 aliphatic heterocycles. The van der Waals surface area contributed by atoms with Gasteiger partial charge in [-0.25, -0.2) is 9.97 Å². The minimum Gasteiger partial charge on any atom is -0.396 e. The summed E-state index contributed by atoms with van der Waals surface area (Å²) in [5.41, 5.74) is 5.64. The van der Waals surface area contributed by atoms with Crippen molar-refractivity contribution in [3.05, 3.63) is 11.3 Å². The van der Waals surface area contributed by atoms with E-state index >= 15 is 0 Å². The lowest BCUT2D eigenvalue weighted by Crippen LogP contribution is -2.23. The minimum absolute atomic E-state index is 0.182. The Kier molecular flexibility index (Phi) is 5.86. The van der Waals surface area contributed by atoms with Gasteiger partial charge >= 0.3 is 0 Å². The normalized spacial score (nSPS) is 17.9. The molecule has 1 aromatic rings. The van der Waals surface area contributed by atoms with Crippen molar-refractivity contribution in [2.45, 2.75) is 38.5 Å². The third-order valence-corrected chi connectivity index (χ3v) is 4.40. The molecule has 6 heteroatoms. The first kappa shape index (κ1) is 15.3. The highest BCUT2D eigenvalue weighted by Crippen LogP contribution is 2.29. The van der Waals surface area contributed by atoms with Gasteiger partial charge in [0.15, 0.2) is 0 Å². The summed E-state index contributed by atoms with van der Waals surface area (Å²) < 4.78 is 0. The van der Waals surface area contributed by atoms with Crippen LogP contribution in [0.3, 0.4) is 0 Å². The van der Waals surface area contributed by atoms with Crippen LogP contribution in [0.5, 0.6) is 0 Å². The Morgan fingerprint density at radius 1 is 1.35 bits per heavy atom. The quantitative estimate of drug-likeness (QED) is 0.752. The van der Waals surface area contributed by atoms with E-state index in [0.29, 0.717) is 17.4 Å². The first-order chi connectivity index (χ1) is 9.70. The average molecular weight is 299 g/mol. The van der Waals surface area contributed by atoms with Gasteiger partial charge in [0.1, 0.15) is 23.0 Å². The van der Waals surface area contributed by atoms with Crippen LogP contribution in [0, 0.1) is 11.8 Å². The number of nitrogen functional groups attached to an aromatic ring is 1. The number of anilines is 2. The zero-order valence-electron chi connectivity index (χ0n) is 11.7. The summed E-state index contributed by atoms with van der Waals surface area (Å²) >= 11 is 6.04. The second-order valence-corrected chi connectivity index (χ2v) is 5.97. The van der Waals surface area contributed by atoms with Crippen molar-refractivity contribution in [1.82, 2.24) is 9.97 Å². The number of nitrogens with zero attached hydrogens (tertiary/aromatic N) is 2. The van der Waals surface area contributed by atoms with Crippen molar-refractivity contribution in [3.8, 4) is 0 Å². The van der Waals surface area contributed by atoms with E-state index in [1.807, 2.05) is 0 Å². The number of aromatic nitrogens is 2. The monoisotopic (exact) mass is 298 g/mol. The molecule has 1 saturated carbocycles. The van der Waals surface area contributed by atoms with Crippen molar-refractivity contribution in [3.63, 3.8) is 0 Å². The molecule has 0 amide bonds. The molecule has 0 spiro atoms. The van der Waals surface area contributed by atoms with Gasteiger partial charge in [-0.1, -0.05) is 43.7 Å². The number of hydrogen-bond donors (Lipinski definition) is 3. The predicted molar refractivity (Wildman–Crippen MR) is 81.7 cm³/mol. The van der Waals surface area contributed by atoms with Crippen LogP contribution in [0.2, 0.25) is 5.02 Å². The molecule has 2 rings (SSSR count). The lowest BCUT2D eigenvalue weighted by molar-refractivity contribution is 0.192. The first-order valence-corrected chi connectivity index (χ1v) is 7.69. The first-order valence-electron chi connectivity index (χ1n) is 7.31. The summed E-state index contributed by atoms with van der Waals surface area (Å²) in [7, 11) is 0. The molecule has 5 nitrogen and oxygen atoms in total. The van der Waals surface area contributed by atoms with Gasteiger partial charge in [0.25, 0.3) is 0 Å². The number of hydrogen-bond acceptors (Lipinski definition) is 5. The highest BCUT2D eigenvalue weighted by Gasteiger charge is 2.19. The maximum absolute atomic E-state index is 9.53. The van der Waals surface area contributed by atoms with Crippen LogP contribution in [0.4, 0.5) is 11.6 Å². The number of aliphatic hydroxyl groups is 1. The molecule has 0 bridgehead atoms. The van der Waals surface area contributed by atoms with Crippen LogP contribution < -0.4 is 11.1 Å². The number of halogens is 1. The second-order valence-electron chi connectivity index (χ2n) is 5.59. The largest absolute Gasteiger partial charge is 0.396 e. The van der Waals surface area contributed by atoms with Crippen LogP contribution >= 0.6 is 11.6 Å². The zero-order chi connectivity index (χ0) is 14.4. The molecule has 1 fully saturated rings. The van der Waals surface area contributed by atoms with Crippen LogP contribution in [0.1, 0.15) is 38.5 Å². The summed E-state index contributed by atoms with van der Waals surface area (Å²) in [6.07, 6.45) is 9.03. The highest BCUT2D eigenvalue weighted by atomic mass is 35.5. The fraction of sp³-hybridized carbons (Fsp3) is 0.714. The molecule has 112 valence electrons.